The Bertz CT molecular complexity index is 694. The van der Waals surface area contributed by atoms with Crippen molar-refractivity contribution in [2.45, 2.75) is 13.8 Å². The molecule has 1 aromatic heterocycles. The number of aryl methyl sites for hydroxylation is 1. The van der Waals surface area contributed by atoms with Gasteiger partial charge >= 0.3 is 5.97 Å². The normalized spacial score (nSPS) is 26.6. The number of fused-ring (bicyclic) bond motifs is 1. The molecule has 2 aliphatic rings. The first-order chi connectivity index (χ1) is 9.82. The number of hydrogen-bond acceptors (Lipinski definition) is 3. The molecule has 1 saturated heterocycles. The summed E-state index contributed by atoms with van der Waals surface area (Å²) >= 11 is 0. The largest absolute Gasteiger partial charge is 0.481 e. The van der Waals surface area contributed by atoms with Gasteiger partial charge in [0, 0.05) is 25.8 Å². The van der Waals surface area contributed by atoms with Crippen LogP contribution in [0.2, 0.25) is 0 Å². The zero-order valence-corrected chi connectivity index (χ0v) is 12.3. The minimum absolute atomic E-state index is 0.0573. The van der Waals surface area contributed by atoms with Crippen LogP contribution in [-0.4, -0.2) is 39.5 Å². The maximum atomic E-state index is 12.5. The van der Waals surface area contributed by atoms with Gasteiger partial charge in [-0.2, -0.15) is 0 Å². The van der Waals surface area contributed by atoms with Gasteiger partial charge in [-0.3, -0.25) is 14.4 Å². The van der Waals surface area contributed by atoms with Crippen molar-refractivity contribution in [2.24, 2.45) is 24.8 Å². The summed E-state index contributed by atoms with van der Waals surface area (Å²) in [5.74, 6) is -1.26. The summed E-state index contributed by atoms with van der Waals surface area (Å²) in [6.45, 7) is 4.59. The molecule has 0 spiro atoms. The molecule has 1 amide bonds. The summed E-state index contributed by atoms with van der Waals surface area (Å²) < 4.78 is 1.49. The van der Waals surface area contributed by atoms with Crippen molar-refractivity contribution < 1.29 is 14.7 Å². The minimum atomic E-state index is -0.779. The van der Waals surface area contributed by atoms with Gasteiger partial charge in [-0.05, 0) is 37.3 Å². The maximum absolute atomic E-state index is 12.5. The lowest BCUT2D eigenvalue weighted by molar-refractivity contribution is -0.139. The lowest BCUT2D eigenvalue weighted by atomic mass is 10.1. The van der Waals surface area contributed by atoms with Gasteiger partial charge in [0.1, 0.15) is 5.56 Å². The number of rotatable bonds is 2. The molecule has 0 aromatic carbocycles. The number of carboxylic acid groups (broad SMARTS) is 1. The van der Waals surface area contributed by atoms with E-state index < -0.39 is 5.97 Å². The molecular weight excluding hydrogens is 272 g/mol. The summed E-state index contributed by atoms with van der Waals surface area (Å²) in [6.07, 6.45) is 0. The van der Waals surface area contributed by atoms with Gasteiger partial charge in [0.2, 0.25) is 0 Å². The topological polar surface area (TPSA) is 79.6 Å². The summed E-state index contributed by atoms with van der Waals surface area (Å²) in [5.41, 5.74) is 1.62. The van der Waals surface area contributed by atoms with E-state index in [1.165, 1.54) is 4.57 Å². The van der Waals surface area contributed by atoms with Crippen LogP contribution in [0.15, 0.2) is 10.9 Å². The molecule has 2 heterocycles. The lowest BCUT2D eigenvalue weighted by Gasteiger charge is -2.20. The van der Waals surface area contributed by atoms with Crippen molar-refractivity contribution >= 4 is 11.9 Å². The Labute approximate surface area is 122 Å². The molecule has 3 atom stereocenters. The number of nitrogens with zero attached hydrogens (tertiary/aromatic N) is 2. The molecule has 2 fully saturated rings. The molecule has 3 rings (SSSR count). The van der Waals surface area contributed by atoms with Crippen LogP contribution in [0.1, 0.15) is 21.6 Å². The number of hydrogen-bond donors (Lipinski definition) is 1. The third-order valence-electron chi connectivity index (χ3n) is 4.97. The zero-order valence-electron chi connectivity index (χ0n) is 12.3. The molecule has 0 radical (unpaired) electrons. The predicted octanol–water partition coefficient (Wildman–Crippen LogP) is 0.405. The molecule has 6 nitrogen and oxygen atoms in total. The molecule has 6 heteroatoms. The van der Waals surface area contributed by atoms with Gasteiger partial charge in [0.25, 0.3) is 11.5 Å². The third-order valence-corrected chi connectivity index (χ3v) is 4.97. The average Bonchev–Trinajstić information content (AvgIpc) is 2.96. The van der Waals surface area contributed by atoms with E-state index in [2.05, 4.69) is 0 Å². The van der Waals surface area contributed by atoms with Crippen LogP contribution >= 0.6 is 0 Å². The highest BCUT2D eigenvalue weighted by molar-refractivity contribution is 5.94. The number of amides is 1. The fourth-order valence-corrected chi connectivity index (χ4v) is 3.36. The van der Waals surface area contributed by atoms with E-state index in [-0.39, 0.29) is 34.8 Å². The van der Waals surface area contributed by atoms with Gasteiger partial charge in [0.15, 0.2) is 0 Å². The summed E-state index contributed by atoms with van der Waals surface area (Å²) in [5, 5.41) is 8.99. The Morgan fingerprint density at radius 3 is 2.33 bits per heavy atom. The van der Waals surface area contributed by atoms with Crippen molar-refractivity contribution in [2.75, 3.05) is 13.1 Å². The Morgan fingerprint density at radius 1 is 1.24 bits per heavy atom. The Kier molecular flexibility index (Phi) is 2.93. The zero-order chi connectivity index (χ0) is 15.5. The SMILES string of the molecule is Cc1cc(C(=O)N2C[C@@H]3C(C(=O)O)[C@@H]3C2)c(=O)n(C)c1C. The van der Waals surface area contributed by atoms with Gasteiger partial charge < -0.3 is 14.6 Å². The van der Waals surface area contributed by atoms with Crippen LogP contribution in [0, 0.1) is 31.6 Å². The molecular formula is C15H18N2O4. The van der Waals surface area contributed by atoms with Crippen LogP contribution in [0.4, 0.5) is 0 Å². The average molecular weight is 290 g/mol. The first-order valence-electron chi connectivity index (χ1n) is 7.02. The number of carbonyl (C=O) groups excluding carboxylic acids is 1. The van der Waals surface area contributed by atoms with Crippen LogP contribution in [0.3, 0.4) is 0 Å². The van der Waals surface area contributed by atoms with Gasteiger partial charge in [-0.1, -0.05) is 0 Å². The molecule has 1 aliphatic heterocycles. The second-order valence-corrected chi connectivity index (χ2v) is 6.09. The molecule has 0 bridgehead atoms. The number of carbonyl (C=O) groups is 2. The number of piperidine rings is 1. The van der Waals surface area contributed by atoms with E-state index >= 15 is 0 Å². The Balaban J connectivity index is 1.83. The van der Waals surface area contributed by atoms with E-state index in [4.69, 9.17) is 5.11 Å². The number of pyridine rings is 1. The molecule has 1 unspecified atom stereocenters. The number of aromatic nitrogens is 1. The molecule has 1 aliphatic carbocycles. The number of carboxylic acids is 1. The highest BCUT2D eigenvalue weighted by Gasteiger charge is 2.60. The molecule has 1 aromatic rings. The standard InChI is InChI=1S/C15H18N2O4/c1-7-4-9(13(18)16(3)8(7)2)14(19)17-5-10-11(6-17)12(10)15(20)21/h4,10-12H,5-6H2,1-3H3,(H,20,21)/t10-,11+,12?. The lowest BCUT2D eigenvalue weighted by Crippen LogP contribution is -2.37. The van der Waals surface area contributed by atoms with Crippen molar-refractivity contribution in [1.29, 1.82) is 0 Å². The van der Waals surface area contributed by atoms with E-state index in [0.29, 0.717) is 13.1 Å². The molecule has 1 N–H and O–H groups in total. The van der Waals surface area contributed by atoms with E-state index in [1.54, 1.807) is 18.0 Å². The molecule has 1 saturated carbocycles. The van der Waals surface area contributed by atoms with Crippen LogP contribution in [-0.2, 0) is 11.8 Å². The minimum Gasteiger partial charge on any atom is -0.481 e. The molecule has 21 heavy (non-hydrogen) atoms. The highest BCUT2D eigenvalue weighted by Crippen LogP contribution is 2.51. The van der Waals surface area contributed by atoms with E-state index in [0.717, 1.165) is 11.3 Å². The van der Waals surface area contributed by atoms with E-state index in [1.807, 2.05) is 13.8 Å². The fourth-order valence-electron chi connectivity index (χ4n) is 3.36. The summed E-state index contributed by atoms with van der Waals surface area (Å²) in [7, 11) is 1.66. The maximum Gasteiger partial charge on any atom is 0.307 e. The number of likely N-dealkylation sites (tertiary alicyclic amines) is 1. The van der Waals surface area contributed by atoms with Gasteiger partial charge in [0.05, 0.1) is 5.92 Å². The summed E-state index contributed by atoms with van der Waals surface area (Å²) in [4.78, 5) is 37.3. The third kappa shape index (κ3) is 1.97. The van der Waals surface area contributed by atoms with Gasteiger partial charge in [-0.15, -0.1) is 0 Å². The second-order valence-electron chi connectivity index (χ2n) is 6.09. The van der Waals surface area contributed by atoms with Crippen molar-refractivity contribution in [3.63, 3.8) is 0 Å². The van der Waals surface area contributed by atoms with Gasteiger partial charge in [-0.25, -0.2) is 0 Å². The van der Waals surface area contributed by atoms with Crippen molar-refractivity contribution in [3.8, 4) is 0 Å². The van der Waals surface area contributed by atoms with Crippen LogP contribution in [0.25, 0.3) is 0 Å². The first kappa shape index (κ1) is 13.9. The summed E-state index contributed by atoms with van der Waals surface area (Å²) in [6, 6.07) is 1.64. The van der Waals surface area contributed by atoms with Crippen LogP contribution < -0.4 is 5.56 Å². The quantitative estimate of drug-likeness (QED) is 0.855. The highest BCUT2D eigenvalue weighted by atomic mass is 16.4. The van der Waals surface area contributed by atoms with Crippen molar-refractivity contribution in [1.82, 2.24) is 9.47 Å². The number of aliphatic carboxylic acids is 1. The smallest absolute Gasteiger partial charge is 0.307 e. The molecule has 112 valence electrons. The monoisotopic (exact) mass is 290 g/mol. The first-order valence-corrected chi connectivity index (χ1v) is 7.02. The van der Waals surface area contributed by atoms with Crippen molar-refractivity contribution in [3.05, 3.63) is 33.2 Å². The van der Waals surface area contributed by atoms with Crippen LogP contribution in [0.5, 0.6) is 0 Å². The van der Waals surface area contributed by atoms with E-state index in [9.17, 15) is 14.4 Å². The Morgan fingerprint density at radius 2 is 1.81 bits per heavy atom. The fraction of sp³-hybridized carbons (Fsp3) is 0.533. The Hall–Kier alpha value is -2.11. The predicted molar refractivity (Wildman–Crippen MR) is 75.2 cm³/mol. The second kappa shape index (κ2) is 4.44.